The third-order valence-electron chi connectivity index (χ3n) is 5.43. The van der Waals surface area contributed by atoms with Crippen molar-refractivity contribution in [2.45, 2.75) is 32.4 Å². The highest BCUT2D eigenvalue weighted by Crippen LogP contribution is 2.32. The molecule has 1 heterocycles. The normalized spacial score (nSPS) is 14.7. The Balaban J connectivity index is 1.52. The lowest BCUT2D eigenvalue weighted by atomic mass is 10.1. The third kappa shape index (κ3) is 4.93. The van der Waals surface area contributed by atoms with E-state index in [4.69, 9.17) is 5.10 Å². The van der Waals surface area contributed by atoms with Gasteiger partial charge in [0.25, 0.3) is 0 Å². The predicted octanol–water partition coefficient (Wildman–Crippen LogP) is 3.89. The first-order valence-electron chi connectivity index (χ1n) is 10.3. The summed E-state index contributed by atoms with van der Waals surface area (Å²) in [6.07, 6.45) is 4.53. The first-order valence-corrected chi connectivity index (χ1v) is 10.3. The standard InChI is InChI=1S/C24H28N4O/c1-18(19-13-14-19)25-23(29)17-27(2)15-21-16-28(22-11-7-4-8-12-22)26-24(21)20-9-5-3-6-10-20/h3-12,16,18-19H,13-15,17H2,1-2H3,(H,25,29)/t18-/m0/s1. The summed E-state index contributed by atoms with van der Waals surface area (Å²) in [5, 5.41) is 7.99. The molecule has 1 aromatic heterocycles. The minimum absolute atomic E-state index is 0.0867. The Bertz CT molecular complexity index is 948. The Morgan fingerprint density at radius 3 is 2.45 bits per heavy atom. The monoisotopic (exact) mass is 388 g/mol. The number of nitrogens with one attached hydrogen (secondary N) is 1. The average molecular weight is 389 g/mol. The van der Waals surface area contributed by atoms with Gasteiger partial charge in [0.05, 0.1) is 17.9 Å². The fourth-order valence-electron chi connectivity index (χ4n) is 3.68. The molecule has 5 heteroatoms. The van der Waals surface area contributed by atoms with E-state index in [0.717, 1.165) is 22.5 Å². The van der Waals surface area contributed by atoms with E-state index in [1.54, 1.807) is 0 Å². The molecule has 0 bridgehead atoms. The Kier molecular flexibility index (Phi) is 5.76. The molecule has 5 nitrogen and oxygen atoms in total. The predicted molar refractivity (Wildman–Crippen MR) is 116 cm³/mol. The van der Waals surface area contributed by atoms with E-state index in [1.165, 1.54) is 12.8 Å². The summed E-state index contributed by atoms with van der Waals surface area (Å²) in [5.41, 5.74) is 4.16. The minimum atomic E-state index is 0.0867. The third-order valence-corrected chi connectivity index (χ3v) is 5.43. The van der Waals surface area contributed by atoms with E-state index >= 15 is 0 Å². The number of benzene rings is 2. The van der Waals surface area contributed by atoms with Gasteiger partial charge >= 0.3 is 0 Å². The lowest BCUT2D eigenvalue weighted by Gasteiger charge is -2.18. The Hall–Kier alpha value is -2.92. The van der Waals surface area contributed by atoms with Gasteiger partial charge in [0, 0.05) is 29.9 Å². The van der Waals surface area contributed by atoms with Crippen LogP contribution < -0.4 is 5.32 Å². The lowest BCUT2D eigenvalue weighted by molar-refractivity contribution is -0.122. The molecule has 150 valence electrons. The number of amides is 1. The average Bonchev–Trinajstić information content (AvgIpc) is 3.50. The fraction of sp³-hybridized carbons (Fsp3) is 0.333. The van der Waals surface area contributed by atoms with Crippen LogP contribution in [0.2, 0.25) is 0 Å². The van der Waals surface area contributed by atoms with E-state index in [1.807, 2.05) is 65.2 Å². The highest BCUT2D eigenvalue weighted by Gasteiger charge is 2.29. The van der Waals surface area contributed by atoms with Crippen molar-refractivity contribution in [1.29, 1.82) is 0 Å². The van der Waals surface area contributed by atoms with Crippen molar-refractivity contribution in [3.63, 3.8) is 0 Å². The molecule has 1 atom stereocenters. The molecular formula is C24H28N4O. The van der Waals surface area contributed by atoms with E-state index < -0.39 is 0 Å². The summed E-state index contributed by atoms with van der Waals surface area (Å²) in [6, 6.07) is 20.6. The Labute approximate surface area is 172 Å². The second kappa shape index (κ2) is 8.62. The van der Waals surface area contributed by atoms with E-state index in [-0.39, 0.29) is 11.9 Å². The highest BCUT2D eigenvalue weighted by atomic mass is 16.2. The second-order valence-corrected chi connectivity index (χ2v) is 8.01. The molecule has 29 heavy (non-hydrogen) atoms. The molecule has 0 saturated heterocycles. The first kappa shape index (κ1) is 19.4. The maximum Gasteiger partial charge on any atom is 0.234 e. The van der Waals surface area contributed by atoms with Gasteiger partial charge < -0.3 is 5.32 Å². The van der Waals surface area contributed by atoms with E-state index in [0.29, 0.717) is 19.0 Å². The summed E-state index contributed by atoms with van der Waals surface area (Å²) in [4.78, 5) is 14.4. The summed E-state index contributed by atoms with van der Waals surface area (Å²) in [7, 11) is 1.98. The zero-order valence-electron chi connectivity index (χ0n) is 17.1. The number of nitrogens with zero attached hydrogens (tertiary/aromatic N) is 3. The van der Waals surface area contributed by atoms with Gasteiger partial charge in [-0.3, -0.25) is 9.69 Å². The van der Waals surface area contributed by atoms with Crippen LogP contribution in [-0.4, -0.2) is 40.2 Å². The van der Waals surface area contributed by atoms with Crippen molar-refractivity contribution in [2.24, 2.45) is 5.92 Å². The van der Waals surface area contributed by atoms with Crippen LogP contribution in [0.5, 0.6) is 0 Å². The van der Waals surface area contributed by atoms with Crippen molar-refractivity contribution in [2.75, 3.05) is 13.6 Å². The largest absolute Gasteiger partial charge is 0.352 e. The number of carbonyl (C=O) groups excluding carboxylic acids is 1. The number of likely N-dealkylation sites (N-methyl/N-ethyl adjacent to an activating group) is 1. The SMILES string of the molecule is C[C@H](NC(=O)CN(C)Cc1cn(-c2ccccc2)nc1-c1ccccc1)C1CC1. The number of hydrogen-bond acceptors (Lipinski definition) is 3. The number of aromatic nitrogens is 2. The van der Waals surface area contributed by atoms with Gasteiger partial charge in [0.1, 0.15) is 0 Å². The van der Waals surface area contributed by atoms with Crippen LogP contribution in [0.3, 0.4) is 0 Å². The lowest BCUT2D eigenvalue weighted by Crippen LogP contribution is -2.40. The van der Waals surface area contributed by atoms with Gasteiger partial charge in [0.15, 0.2) is 0 Å². The van der Waals surface area contributed by atoms with Gasteiger partial charge in [-0.25, -0.2) is 4.68 Å². The maximum atomic E-state index is 12.4. The van der Waals surface area contributed by atoms with Crippen molar-refractivity contribution in [3.8, 4) is 16.9 Å². The second-order valence-electron chi connectivity index (χ2n) is 8.01. The van der Waals surface area contributed by atoms with Crippen molar-refractivity contribution >= 4 is 5.91 Å². The molecule has 0 aliphatic heterocycles. The summed E-state index contributed by atoms with van der Waals surface area (Å²) in [6.45, 7) is 3.14. The number of hydrogen-bond donors (Lipinski definition) is 1. The smallest absolute Gasteiger partial charge is 0.234 e. The molecule has 0 spiro atoms. The molecule has 1 amide bonds. The van der Waals surface area contributed by atoms with Crippen LogP contribution in [0.4, 0.5) is 0 Å². The zero-order chi connectivity index (χ0) is 20.2. The molecule has 2 aromatic carbocycles. The van der Waals surface area contributed by atoms with Crippen LogP contribution in [0.1, 0.15) is 25.3 Å². The van der Waals surface area contributed by atoms with Crippen molar-refractivity contribution < 1.29 is 4.79 Å². The quantitative estimate of drug-likeness (QED) is 0.637. The highest BCUT2D eigenvalue weighted by molar-refractivity contribution is 5.78. The molecule has 1 aliphatic rings. The molecule has 1 fully saturated rings. The van der Waals surface area contributed by atoms with Crippen molar-refractivity contribution in [1.82, 2.24) is 20.0 Å². The van der Waals surface area contributed by atoms with Gasteiger partial charge in [-0.1, -0.05) is 48.5 Å². The minimum Gasteiger partial charge on any atom is -0.352 e. The topological polar surface area (TPSA) is 50.2 Å². The van der Waals surface area contributed by atoms with Gasteiger partial charge in [0.2, 0.25) is 5.91 Å². The maximum absolute atomic E-state index is 12.4. The molecule has 1 saturated carbocycles. The Morgan fingerprint density at radius 1 is 1.14 bits per heavy atom. The fourth-order valence-corrected chi connectivity index (χ4v) is 3.68. The molecule has 1 aliphatic carbocycles. The number of rotatable bonds is 8. The van der Waals surface area contributed by atoms with Crippen LogP contribution in [0.15, 0.2) is 66.9 Å². The van der Waals surface area contributed by atoms with E-state index in [2.05, 4.69) is 30.6 Å². The zero-order valence-corrected chi connectivity index (χ0v) is 17.1. The molecular weight excluding hydrogens is 360 g/mol. The molecule has 0 radical (unpaired) electrons. The van der Waals surface area contributed by atoms with Gasteiger partial charge in [-0.05, 0) is 44.9 Å². The van der Waals surface area contributed by atoms with Crippen LogP contribution >= 0.6 is 0 Å². The Morgan fingerprint density at radius 2 is 1.79 bits per heavy atom. The molecule has 3 aromatic rings. The number of para-hydroxylation sites is 1. The van der Waals surface area contributed by atoms with Crippen LogP contribution in [0, 0.1) is 5.92 Å². The summed E-state index contributed by atoms with van der Waals surface area (Å²) < 4.78 is 1.92. The van der Waals surface area contributed by atoms with E-state index in [9.17, 15) is 4.79 Å². The molecule has 1 N–H and O–H groups in total. The van der Waals surface area contributed by atoms with Crippen LogP contribution in [-0.2, 0) is 11.3 Å². The summed E-state index contributed by atoms with van der Waals surface area (Å²) >= 11 is 0. The van der Waals surface area contributed by atoms with Crippen LogP contribution in [0.25, 0.3) is 16.9 Å². The first-order chi connectivity index (χ1) is 14.1. The van der Waals surface area contributed by atoms with Gasteiger partial charge in [-0.2, -0.15) is 5.10 Å². The van der Waals surface area contributed by atoms with Crippen molar-refractivity contribution in [3.05, 3.63) is 72.4 Å². The number of carbonyl (C=O) groups is 1. The molecule has 0 unspecified atom stereocenters. The summed E-state index contributed by atoms with van der Waals surface area (Å²) in [5.74, 6) is 0.752. The molecule has 4 rings (SSSR count). The van der Waals surface area contributed by atoms with Gasteiger partial charge in [-0.15, -0.1) is 0 Å².